The summed E-state index contributed by atoms with van der Waals surface area (Å²) in [4.78, 5) is 11.8. The Morgan fingerprint density at radius 3 is 2.85 bits per heavy atom. The average Bonchev–Trinajstić information content (AvgIpc) is 2.91. The second-order valence-corrected chi connectivity index (χ2v) is 6.15. The third-order valence-corrected chi connectivity index (χ3v) is 4.50. The molecule has 5 heteroatoms. The molecule has 1 amide bonds. The van der Waals surface area contributed by atoms with Crippen molar-refractivity contribution in [3.8, 4) is 0 Å². The van der Waals surface area contributed by atoms with Crippen LogP contribution >= 0.6 is 0 Å². The van der Waals surface area contributed by atoms with E-state index in [-0.39, 0.29) is 17.4 Å². The van der Waals surface area contributed by atoms with Crippen molar-refractivity contribution in [3.63, 3.8) is 0 Å². The molecule has 0 aromatic rings. The van der Waals surface area contributed by atoms with Crippen LogP contribution in [0.2, 0.25) is 0 Å². The summed E-state index contributed by atoms with van der Waals surface area (Å²) in [6, 6.07) is 0. The number of nitrogens with one attached hydrogen (secondary N) is 1. The molecule has 2 fully saturated rings. The molecule has 1 aliphatic carbocycles. The third kappa shape index (κ3) is 4.72. The first-order valence-electron chi connectivity index (χ1n) is 7.90. The number of hydrogen-bond acceptors (Lipinski definition) is 4. The summed E-state index contributed by atoms with van der Waals surface area (Å²) in [7, 11) is 0. The van der Waals surface area contributed by atoms with Crippen molar-refractivity contribution in [1.29, 1.82) is 0 Å². The van der Waals surface area contributed by atoms with Gasteiger partial charge >= 0.3 is 0 Å². The van der Waals surface area contributed by atoms with Crippen LogP contribution in [0.1, 0.15) is 44.9 Å². The summed E-state index contributed by atoms with van der Waals surface area (Å²) >= 11 is 0. The van der Waals surface area contributed by atoms with Crippen LogP contribution in [-0.4, -0.2) is 44.9 Å². The van der Waals surface area contributed by atoms with Crippen LogP contribution < -0.4 is 11.1 Å². The van der Waals surface area contributed by atoms with E-state index in [1.807, 2.05) is 0 Å². The fourth-order valence-corrected chi connectivity index (χ4v) is 2.93. The van der Waals surface area contributed by atoms with Gasteiger partial charge in [0.15, 0.2) is 0 Å². The minimum atomic E-state index is 0.0976. The molecule has 1 atom stereocenters. The minimum absolute atomic E-state index is 0.0976. The molecule has 1 saturated heterocycles. The Balaban J connectivity index is 1.45. The summed E-state index contributed by atoms with van der Waals surface area (Å²) in [6.45, 7) is 3.55. The highest BCUT2D eigenvalue weighted by Crippen LogP contribution is 2.42. The van der Waals surface area contributed by atoms with E-state index in [4.69, 9.17) is 15.2 Å². The smallest absolute Gasteiger partial charge is 0.220 e. The van der Waals surface area contributed by atoms with Crippen molar-refractivity contribution >= 4 is 5.91 Å². The molecular formula is C15H28N2O3. The van der Waals surface area contributed by atoms with Gasteiger partial charge in [0.05, 0.1) is 12.7 Å². The SMILES string of the molecule is NCC1(CC(=O)NCCCOCC2CCCO2)CCC1. The Hall–Kier alpha value is -0.650. The van der Waals surface area contributed by atoms with Gasteiger partial charge in [0, 0.05) is 26.2 Å². The van der Waals surface area contributed by atoms with Crippen LogP contribution in [-0.2, 0) is 14.3 Å². The maximum Gasteiger partial charge on any atom is 0.220 e. The number of rotatable bonds is 9. The predicted octanol–water partition coefficient (Wildman–Crippen LogP) is 1.21. The maximum atomic E-state index is 11.8. The number of carbonyl (C=O) groups excluding carboxylic acids is 1. The lowest BCUT2D eigenvalue weighted by Gasteiger charge is -2.40. The first-order chi connectivity index (χ1) is 9.74. The van der Waals surface area contributed by atoms with Crippen LogP contribution in [0.25, 0.3) is 0 Å². The first-order valence-corrected chi connectivity index (χ1v) is 7.90. The highest BCUT2D eigenvalue weighted by atomic mass is 16.5. The molecule has 1 heterocycles. The van der Waals surface area contributed by atoms with Crippen LogP contribution in [0.15, 0.2) is 0 Å². The van der Waals surface area contributed by atoms with Crippen molar-refractivity contribution < 1.29 is 14.3 Å². The van der Waals surface area contributed by atoms with Gasteiger partial charge in [0.2, 0.25) is 5.91 Å². The lowest BCUT2D eigenvalue weighted by Crippen LogP contribution is -2.42. The van der Waals surface area contributed by atoms with E-state index in [1.54, 1.807) is 0 Å². The molecule has 2 rings (SSSR count). The van der Waals surface area contributed by atoms with Crippen molar-refractivity contribution in [1.82, 2.24) is 5.32 Å². The highest BCUT2D eigenvalue weighted by molar-refractivity contribution is 5.76. The van der Waals surface area contributed by atoms with E-state index < -0.39 is 0 Å². The Bertz CT molecular complexity index is 294. The zero-order valence-electron chi connectivity index (χ0n) is 12.4. The highest BCUT2D eigenvalue weighted by Gasteiger charge is 2.37. The normalized spacial score (nSPS) is 24.4. The molecule has 0 radical (unpaired) electrons. The molecule has 116 valence electrons. The van der Waals surface area contributed by atoms with Crippen LogP contribution in [0.4, 0.5) is 0 Å². The summed E-state index contributed by atoms with van der Waals surface area (Å²) in [6.07, 6.45) is 7.39. The van der Waals surface area contributed by atoms with Gasteiger partial charge in [-0.2, -0.15) is 0 Å². The van der Waals surface area contributed by atoms with E-state index in [0.717, 1.165) is 38.7 Å². The molecule has 1 unspecified atom stereocenters. The quantitative estimate of drug-likeness (QED) is 0.624. The number of carbonyl (C=O) groups is 1. The second-order valence-electron chi connectivity index (χ2n) is 6.15. The molecule has 1 aliphatic heterocycles. The molecular weight excluding hydrogens is 256 g/mol. The van der Waals surface area contributed by atoms with Gasteiger partial charge in [0.1, 0.15) is 0 Å². The number of ether oxygens (including phenoxy) is 2. The van der Waals surface area contributed by atoms with Gasteiger partial charge in [-0.05, 0) is 44.1 Å². The first kappa shape index (κ1) is 15.7. The number of nitrogens with two attached hydrogens (primary N) is 1. The number of amides is 1. The Morgan fingerprint density at radius 1 is 1.40 bits per heavy atom. The fourth-order valence-electron chi connectivity index (χ4n) is 2.93. The van der Waals surface area contributed by atoms with E-state index in [9.17, 15) is 4.79 Å². The summed E-state index contributed by atoms with van der Waals surface area (Å²) in [5.41, 5.74) is 5.86. The number of hydrogen-bond donors (Lipinski definition) is 2. The molecule has 2 aliphatic rings. The lowest BCUT2D eigenvalue weighted by atomic mass is 9.66. The molecule has 5 nitrogen and oxygen atoms in total. The van der Waals surface area contributed by atoms with Crippen molar-refractivity contribution in [2.45, 2.75) is 51.0 Å². The van der Waals surface area contributed by atoms with Gasteiger partial charge in [-0.1, -0.05) is 6.42 Å². The largest absolute Gasteiger partial charge is 0.379 e. The predicted molar refractivity (Wildman–Crippen MR) is 77.4 cm³/mol. The van der Waals surface area contributed by atoms with E-state index in [1.165, 1.54) is 6.42 Å². The van der Waals surface area contributed by atoms with Crippen molar-refractivity contribution in [2.75, 3.05) is 32.9 Å². The minimum Gasteiger partial charge on any atom is -0.379 e. The monoisotopic (exact) mass is 284 g/mol. The van der Waals surface area contributed by atoms with E-state index in [0.29, 0.717) is 32.7 Å². The Labute approximate surface area is 121 Å². The van der Waals surface area contributed by atoms with Gasteiger partial charge < -0.3 is 20.5 Å². The molecule has 0 aromatic heterocycles. The van der Waals surface area contributed by atoms with Gasteiger partial charge in [-0.15, -0.1) is 0 Å². The average molecular weight is 284 g/mol. The van der Waals surface area contributed by atoms with Crippen LogP contribution in [0.5, 0.6) is 0 Å². The maximum absolute atomic E-state index is 11.8. The molecule has 0 aromatic carbocycles. The topological polar surface area (TPSA) is 73.6 Å². The molecule has 20 heavy (non-hydrogen) atoms. The summed E-state index contributed by atoms with van der Waals surface area (Å²) < 4.78 is 11.0. The van der Waals surface area contributed by atoms with Crippen LogP contribution in [0, 0.1) is 5.41 Å². The van der Waals surface area contributed by atoms with E-state index >= 15 is 0 Å². The third-order valence-electron chi connectivity index (χ3n) is 4.50. The molecule has 0 bridgehead atoms. The van der Waals surface area contributed by atoms with Crippen LogP contribution in [0.3, 0.4) is 0 Å². The molecule has 1 saturated carbocycles. The van der Waals surface area contributed by atoms with Gasteiger partial charge in [-0.25, -0.2) is 0 Å². The van der Waals surface area contributed by atoms with E-state index in [2.05, 4.69) is 5.32 Å². The Morgan fingerprint density at radius 2 is 2.25 bits per heavy atom. The van der Waals surface area contributed by atoms with Crippen molar-refractivity contribution in [2.24, 2.45) is 11.1 Å². The second kappa shape index (κ2) is 7.96. The zero-order chi connectivity index (χ0) is 14.3. The standard InChI is InChI=1S/C15H28N2O3/c16-12-15(5-2-6-15)10-14(18)17-7-3-8-19-11-13-4-1-9-20-13/h13H,1-12,16H2,(H,17,18). The molecule has 0 spiro atoms. The van der Waals surface area contributed by atoms with Gasteiger partial charge in [0.25, 0.3) is 0 Å². The Kier molecular flexibility index (Phi) is 6.26. The summed E-state index contributed by atoms with van der Waals surface area (Å²) in [5.74, 6) is 0.134. The molecule has 3 N–H and O–H groups in total. The van der Waals surface area contributed by atoms with Crippen molar-refractivity contribution in [3.05, 3.63) is 0 Å². The lowest BCUT2D eigenvalue weighted by molar-refractivity contribution is -0.124. The zero-order valence-corrected chi connectivity index (χ0v) is 12.4. The van der Waals surface area contributed by atoms with Gasteiger partial charge in [-0.3, -0.25) is 4.79 Å². The fraction of sp³-hybridized carbons (Fsp3) is 0.933. The summed E-state index contributed by atoms with van der Waals surface area (Å²) in [5, 5.41) is 2.96.